The highest BCUT2D eigenvalue weighted by atomic mass is 16.4. The van der Waals surface area contributed by atoms with Gasteiger partial charge in [-0.15, -0.1) is 0 Å². The maximum Gasteiger partial charge on any atom is 0.143 e. The van der Waals surface area contributed by atoms with Gasteiger partial charge in [0.2, 0.25) is 0 Å². The van der Waals surface area contributed by atoms with E-state index >= 15 is 0 Å². The standard InChI is InChI=1S/C16H25N3O/c17-16(18-20)15-10-6-12-19(13-15)11-5-4-9-14-7-2-1-3-8-14/h1-3,7-8,15,20H,4-6,9-13H2,(H2,17,18). The molecule has 1 unspecified atom stereocenters. The van der Waals surface area contributed by atoms with E-state index in [0.717, 1.165) is 38.9 Å². The Balaban J connectivity index is 1.66. The first-order valence-corrected chi connectivity index (χ1v) is 7.53. The van der Waals surface area contributed by atoms with Crippen LogP contribution in [0.15, 0.2) is 35.5 Å². The molecule has 20 heavy (non-hydrogen) atoms. The molecule has 1 aliphatic rings. The van der Waals surface area contributed by atoms with E-state index in [9.17, 15) is 0 Å². The van der Waals surface area contributed by atoms with E-state index in [-0.39, 0.29) is 5.92 Å². The molecule has 1 aliphatic heterocycles. The highest BCUT2D eigenvalue weighted by Crippen LogP contribution is 2.17. The second kappa shape index (κ2) is 7.90. The number of oxime groups is 1. The minimum Gasteiger partial charge on any atom is -0.409 e. The first kappa shape index (κ1) is 14.9. The number of benzene rings is 1. The topological polar surface area (TPSA) is 61.9 Å². The van der Waals surface area contributed by atoms with Crippen LogP contribution in [0.3, 0.4) is 0 Å². The van der Waals surface area contributed by atoms with Gasteiger partial charge in [-0.1, -0.05) is 35.5 Å². The highest BCUT2D eigenvalue weighted by molar-refractivity contribution is 5.82. The third-order valence-electron chi connectivity index (χ3n) is 4.07. The molecule has 1 atom stereocenters. The van der Waals surface area contributed by atoms with E-state index in [0.29, 0.717) is 5.84 Å². The average molecular weight is 275 g/mol. The van der Waals surface area contributed by atoms with Gasteiger partial charge in [0.1, 0.15) is 5.84 Å². The molecule has 1 aromatic rings. The normalized spacial score (nSPS) is 21.0. The van der Waals surface area contributed by atoms with Crippen molar-refractivity contribution in [3.05, 3.63) is 35.9 Å². The summed E-state index contributed by atoms with van der Waals surface area (Å²) in [6, 6.07) is 10.6. The van der Waals surface area contributed by atoms with Gasteiger partial charge in [0.15, 0.2) is 0 Å². The van der Waals surface area contributed by atoms with Crippen LogP contribution >= 0.6 is 0 Å². The first-order valence-electron chi connectivity index (χ1n) is 7.53. The maximum atomic E-state index is 8.76. The Kier molecular flexibility index (Phi) is 5.87. The van der Waals surface area contributed by atoms with E-state index in [1.54, 1.807) is 0 Å². The third kappa shape index (κ3) is 4.53. The molecule has 0 aliphatic carbocycles. The fourth-order valence-electron chi connectivity index (χ4n) is 2.89. The molecule has 110 valence electrons. The molecular weight excluding hydrogens is 250 g/mol. The lowest BCUT2D eigenvalue weighted by Crippen LogP contribution is -2.41. The van der Waals surface area contributed by atoms with Gasteiger partial charge < -0.3 is 15.8 Å². The summed E-state index contributed by atoms with van der Waals surface area (Å²) in [5, 5.41) is 11.9. The Hall–Kier alpha value is -1.55. The SMILES string of the molecule is N/C(=N/O)C1CCCN(CCCCc2ccccc2)C1. The fourth-order valence-corrected chi connectivity index (χ4v) is 2.89. The van der Waals surface area contributed by atoms with Crippen molar-refractivity contribution in [2.45, 2.75) is 32.1 Å². The van der Waals surface area contributed by atoms with Crippen LogP contribution < -0.4 is 5.73 Å². The lowest BCUT2D eigenvalue weighted by atomic mass is 9.96. The first-order chi connectivity index (χ1) is 9.79. The zero-order valence-electron chi connectivity index (χ0n) is 12.0. The molecule has 0 bridgehead atoms. The fraction of sp³-hybridized carbons (Fsp3) is 0.562. The number of piperidine rings is 1. The maximum absolute atomic E-state index is 8.76. The molecule has 0 amide bonds. The number of nitrogens with zero attached hydrogens (tertiary/aromatic N) is 2. The van der Waals surface area contributed by atoms with Gasteiger partial charge in [-0.2, -0.15) is 0 Å². The lowest BCUT2D eigenvalue weighted by molar-refractivity contribution is 0.197. The number of nitrogens with two attached hydrogens (primary N) is 1. The molecule has 0 aromatic heterocycles. The number of aryl methyl sites for hydroxylation is 1. The number of rotatable bonds is 6. The smallest absolute Gasteiger partial charge is 0.143 e. The van der Waals surface area contributed by atoms with E-state index in [1.165, 1.54) is 18.4 Å². The van der Waals surface area contributed by atoms with Crippen LogP contribution in [0.25, 0.3) is 0 Å². The van der Waals surface area contributed by atoms with Crippen LogP contribution in [0.5, 0.6) is 0 Å². The van der Waals surface area contributed by atoms with Crippen LogP contribution in [0.2, 0.25) is 0 Å². The average Bonchev–Trinajstić information content (AvgIpc) is 2.52. The molecule has 1 saturated heterocycles. The quantitative estimate of drug-likeness (QED) is 0.276. The lowest BCUT2D eigenvalue weighted by Gasteiger charge is -2.31. The van der Waals surface area contributed by atoms with E-state index < -0.39 is 0 Å². The van der Waals surface area contributed by atoms with Crippen molar-refractivity contribution in [1.29, 1.82) is 0 Å². The van der Waals surface area contributed by atoms with Crippen LogP contribution in [0.1, 0.15) is 31.2 Å². The molecule has 0 radical (unpaired) electrons. The molecule has 2 rings (SSSR count). The van der Waals surface area contributed by atoms with Gasteiger partial charge in [-0.05, 0) is 50.8 Å². The number of hydrogen-bond acceptors (Lipinski definition) is 3. The van der Waals surface area contributed by atoms with Gasteiger partial charge in [0, 0.05) is 12.5 Å². The van der Waals surface area contributed by atoms with E-state index in [2.05, 4.69) is 40.4 Å². The second-order valence-electron chi connectivity index (χ2n) is 5.61. The molecule has 1 fully saturated rings. The molecule has 3 N–H and O–H groups in total. The van der Waals surface area contributed by atoms with Gasteiger partial charge in [-0.3, -0.25) is 0 Å². The third-order valence-corrected chi connectivity index (χ3v) is 4.07. The van der Waals surface area contributed by atoms with Crippen molar-refractivity contribution in [1.82, 2.24) is 4.90 Å². The summed E-state index contributed by atoms with van der Waals surface area (Å²) in [4.78, 5) is 2.44. The Bertz CT molecular complexity index is 419. The number of amidine groups is 1. The van der Waals surface area contributed by atoms with E-state index in [1.807, 2.05) is 0 Å². The van der Waals surface area contributed by atoms with Crippen LogP contribution in [0, 0.1) is 5.92 Å². The number of hydrogen-bond donors (Lipinski definition) is 2. The van der Waals surface area contributed by atoms with Crippen molar-refractivity contribution >= 4 is 5.84 Å². The molecule has 4 nitrogen and oxygen atoms in total. The Morgan fingerprint density at radius 2 is 2.10 bits per heavy atom. The van der Waals surface area contributed by atoms with Crippen molar-refractivity contribution in [3.8, 4) is 0 Å². The van der Waals surface area contributed by atoms with Crippen LogP contribution in [-0.4, -0.2) is 35.6 Å². The predicted molar refractivity (Wildman–Crippen MR) is 82.0 cm³/mol. The van der Waals surface area contributed by atoms with Crippen molar-refractivity contribution in [2.24, 2.45) is 16.8 Å². The molecular formula is C16H25N3O. The van der Waals surface area contributed by atoms with E-state index in [4.69, 9.17) is 10.9 Å². The molecule has 0 spiro atoms. The summed E-state index contributed by atoms with van der Waals surface area (Å²) < 4.78 is 0. The largest absolute Gasteiger partial charge is 0.409 e. The van der Waals surface area contributed by atoms with Crippen LogP contribution in [-0.2, 0) is 6.42 Å². The minimum absolute atomic E-state index is 0.225. The summed E-state index contributed by atoms with van der Waals surface area (Å²) in [6.07, 6.45) is 5.75. The second-order valence-corrected chi connectivity index (χ2v) is 5.61. The van der Waals surface area contributed by atoms with Gasteiger partial charge in [0.05, 0.1) is 0 Å². The van der Waals surface area contributed by atoms with Crippen molar-refractivity contribution < 1.29 is 5.21 Å². The minimum atomic E-state index is 0.225. The number of unbranched alkanes of at least 4 members (excludes halogenated alkanes) is 1. The highest BCUT2D eigenvalue weighted by Gasteiger charge is 2.22. The monoisotopic (exact) mass is 275 g/mol. The summed E-state index contributed by atoms with van der Waals surface area (Å²) in [5.74, 6) is 0.613. The van der Waals surface area contributed by atoms with Crippen molar-refractivity contribution in [2.75, 3.05) is 19.6 Å². The zero-order chi connectivity index (χ0) is 14.2. The molecule has 4 heteroatoms. The Labute approximate surface area is 121 Å². The predicted octanol–water partition coefficient (Wildman–Crippen LogP) is 2.47. The Morgan fingerprint density at radius 1 is 1.30 bits per heavy atom. The summed E-state index contributed by atoms with van der Waals surface area (Å²) in [7, 11) is 0. The molecule has 1 heterocycles. The Morgan fingerprint density at radius 3 is 2.85 bits per heavy atom. The van der Waals surface area contributed by atoms with Crippen LogP contribution in [0.4, 0.5) is 0 Å². The van der Waals surface area contributed by atoms with Gasteiger partial charge in [0.25, 0.3) is 0 Å². The van der Waals surface area contributed by atoms with Gasteiger partial charge in [-0.25, -0.2) is 0 Å². The summed E-state index contributed by atoms with van der Waals surface area (Å²) in [6.45, 7) is 3.18. The zero-order valence-corrected chi connectivity index (χ0v) is 12.0. The molecule has 0 saturated carbocycles. The van der Waals surface area contributed by atoms with Crippen molar-refractivity contribution in [3.63, 3.8) is 0 Å². The van der Waals surface area contributed by atoms with Gasteiger partial charge >= 0.3 is 0 Å². The number of likely N-dealkylation sites (tertiary alicyclic amines) is 1. The summed E-state index contributed by atoms with van der Waals surface area (Å²) >= 11 is 0. The summed E-state index contributed by atoms with van der Waals surface area (Å²) in [5.41, 5.74) is 7.13. The molecule has 1 aromatic carbocycles.